The fraction of sp³-hybridized carbons (Fsp3) is 0.382. The first-order valence-electron chi connectivity index (χ1n) is 15.0. The molecule has 2 N–H and O–H groups in total. The van der Waals surface area contributed by atoms with E-state index in [9.17, 15) is 14.4 Å². The summed E-state index contributed by atoms with van der Waals surface area (Å²) in [7, 11) is -1.48. The standard InChI is InChI=1S/C13H17BO2.C11H13BO2.C10H13BO3/c1-7-8(2)12(10(4)15)9(3)13-11(7)6-16-14(13)5;1-7-4-11-9(6-14-12(11)3)5-10(7)8(2)13;1-6-7(2)10(11(13)14)5-4-9(6)8(3)12/h6H2,1-5H3;4-5H,6H2,1-3H3;4-5,13-14H,1-3H3. The van der Waals surface area contributed by atoms with Crippen LogP contribution in [0.4, 0.5) is 0 Å². The summed E-state index contributed by atoms with van der Waals surface area (Å²) in [4.78, 5) is 34.2. The maximum atomic E-state index is 11.7. The maximum absolute atomic E-state index is 11.7. The Balaban J connectivity index is 0.000000181. The number of aryl methyl sites for hydroxylation is 1. The van der Waals surface area contributed by atoms with Crippen molar-refractivity contribution in [3.8, 4) is 0 Å². The number of rotatable bonds is 4. The van der Waals surface area contributed by atoms with Gasteiger partial charge in [0.15, 0.2) is 17.3 Å². The van der Waals surface area contributed by atoms with Gasteiger partial charge in [0.05, 0.1) is 13.2 Å². The second-order valence-corrected chi connectivity index (χ2v) is 11.9. The van der Waals surface area contributed by atoms with Crippen molar-refractivity contribution in [1.29, 1.82) is 0 Å². The summed E-state index contributed by atoms with van der Waals surface area (Å²) in [6, 6.07) is 7.24. The van der Waals surface area contributed by atoms with Crippen molar-refractivity contribution in [2.75, 3.05) is 0 Å². The number of carbonyl (C=O) groups excluding carboxylic acids is 3. The van der Waals surface area contributed by atoms with Gasteiger partial charge >= 0.3 is 20.9 Å². The number of ketones is 3. The smallest absolute Gasteiger partial charge is 0.427 e. The van der Waals surface area contributed by atoms with Gasteiger partial charge < -0.3 is 19.4 Å². The van der Waals surface area contributed by atoms with Crippen LogP contribution in [-0.2, 0) is 22.5 Å². The number of hydrogen-bond donors (Lipinski definition) is 2. The predicted molar refractivity (Wildman–Crippen MR) is 180 cm³/mol. The average Bonchev–Trinajstić information content (AvgIpc) is 3.50. The van der Waals surface area contributed by atoms with E-state index in [-0.39, 0.29) is 31.2 Å². The molecule has 0 unspecified atom stereocenters. The molecular formula is C34H43B3O7. The summed E-state index contributed by atoms with van der Waals surface area (Å²) in [6.07, 6.45) is 0. The quantitative estimate of drug-likeness (QED) is 0.347. The summed E-state index contributed by atoms with van der Waals surface area (Å²) < 4.78 is 11.2. The molecule has 0 saturated heterocycles. The number of fused-ring (bicyclic) bond motifs is 2. The molecule has 5 rings (SSSR count). The van der Waals surface area contributed by atoms with Crippen LogP contribution in [0.2, 0.25) is 13.6 Å². The Morgan fingerprint density at radius 2 is 1.30 bits per heavy atom. The van der Waals surface area contributed by atoms with Crippen LogP contribution in [0.1, 0.15) is 96.4 Å². The molecule has 0 bridgehead atoms. The second kappa shape index (κ2) is 14.2. The van der Waals surface area contributed by atoms with E-state index in [1.165, 1.54) is 29.0 Å². The molecule has 2 heterocycles. The van der Waals surface area contributed by atoms with Crippen molar-refractivity contribution < 1.29 is 33.7 Å². The molecule has 10 heteroatoms. The van der Waals surface area contributed by atoms with Gasteiger partial charge in [-0.15, -0.1) is 0 Å². The van der Waals surface area contributed by atoms with Crippen molar-refractivity contribution in [3.05, 3.63) is 85.5 Å². The lowest BCUT2D eigenvalue weighted by atomic mass is 9.61. The van der Waals surface area contributed by atoms with Gasteiger partial charge in [-0.2, -0.15) is 0 Å². The Morgan fingerprint density at radius 3 is 1.84 bits per heavy atom. The molecule has 7 nitrogen and oxygen atoms in total. The zero-order valence-electron chi connectivity index (χ0n) is 27.9. The van der Waals surface area contributed by atoms with E-state index in [1.54, 1.807) is 39.8 Å². The van der Waals surface area contributed by atoms with Gasteiger partial charge in [0.25, 0.3) is 0 Å². The van der Waals surface area contributed by atoms with Crippen molar-refractivity contribution in [2.45, 2.75) is 89.2 Å². The Labute approximate surface area is 262 Å². The van der Waals surface area contributed by atoms with E-state index in [0.29, 0.717) is 24.2 Å². The first kappa shape index (κ1) is 35.2. The van der Waals surface area contributed by atoms with Gasteiger partial charge in [-0.3, -0.25) is 14.4 Å². The fourth-order valence-corrected chi connectivity index (χ4v) is 6.28. The molecule has 0 fully saturated rings. The van der Waals surface area contributed by atoms with Crippen LogP contribution in [-0.4, -0.2) is 48.3 Å². The van der Waals surface area contributed by atoms with Gasteiger partial charge in [0.2, 0.25) is 0 Å². The Kier molecular flexibility index (Phi) is 11.4. The Bertz CT molecular complexity index is 1630. The largest absolute Gasteiger partial charge is 0.488 e. The highest BCUT2D eigenvalue weighted by atomic mass is 16.4. The minimum absolute atomic E-state index is 0.00965. The van der Waals surface area contributed by atoms with Crippen LogP contribution in [0.3, 0.4) is 0 Å². The third-order valence-corrected chi connectivity index (χ3v) is 9.01. The summed E-state index contributed by atoms with van der Waals surface area (Å²) in [5.41, 5.74) is 13.7. The molecule has 2 aliphatic rings. The molecule has 0 radical (unpaired) electrons. The first-order chi connectivity index (χ1) is 20.5. The third kappa shape index (κ3) is 7.15. The molecule has 0 atom stereocenters. The first-order valence-corrected chi connectivity index (χ1v) is 15.0. The molecule has 0 aliphatic carbocycles. The lowest BCUT2D eigenvalue weighted by molar-refractivity contribution is 0.100. The van der Waals surface area contributed by atoms with E-state index >= 15 is 0 Å². The zero-order valence-corrected chi connectivity index (χ0v) is 27.9. The summed E-state index contributed by atoms with van der Waals surface area (Å²) in [5.74, 6) is 0.273. The zero-order chi connectivity index (χ0) is 33.2. The minimum Gasteiger partial charge on any atom is -0.427 e. The van der Waals surface area contributed by atoms with Crippen molar-refractivity contribution in [3.63, 3.8) is 0 Å². The number of benzene rings is 3. The van der Waals surface area contributed by atoms with Crippen LogP contribution in [0.15, 0.2) is 24.3 Å². The number of Topliss-reactive ketones (excluding diaryl/α,β-unsaturated/α-hetero) is 3. The monoisotopic (exact) mass is 596 g/mol. The van der Waals surface area contributed by atoms with Crippen LogP contribution < -0.4 is 16.4 Å². The fourth-order valence-electron chi connectivity index (χ4n) is 6.28. The molecule has 3 aromatic rings. The van der Waals surface area contributed by atoms with Gasteiger partial charge in [-0.1, -0.05) is 31.8 Å². The SMILES string of the molecule is CB1OCc2c(C)c(C)c(C(C)=O)c(C)c21.CB1OCc2cc(C(C)=O)c(C)cc21.CC(=O)c1ccc(B(O)O)c(C)c1C. The van der Waals surface area contributed by atoms with Gasteiger partial charge in [-0.05, 0) is 129 Å². The Morgan fingerprint density at radius 1 is 0.705 bits per heavy atom. The predicted octanol–water partition coefficient (Wildman–Crippen LogP) is 3.91. The molecule has 44 heavy (non-hydrogen) atoms. The highest BCUT2D eigenvalue weighted by Gasteiger charge is 2.30. The molecule has 0 amide bonds. The highest BCUT2D eigenvalue weighted by Crippen LogP contribution is 2.26. The van der Waals surface area contributed by atoms with Crippen LogP contribution in [0.5, 0.6) is 0 Å². The lowest BCUT2D eigenvalue weighted by Crippen LogP contribution is -2.33. The van der Waals surface area contributed by atoms with Gasteiger partial charge in [-0.25, -0.2) is 0 Å². The summed E-state index contributed by atoms with van der Waals surface area (Å²) in [5, 5.41) is 18.1. The average molecular weight is 596 g/mol. The van der Waals surface area contributed by atoms with Crippen molar-refractivity contribution >= 4 is 54.7 Å². The van der Waals surface area contributed by atoms with E-state index in [0.717, 1.165) is 44.5 Å². The highest BCUT2D eigenvalue weighted by molar-refractivity contribution is 6.68. The van der Waals surface area contributed by atoms with Crippen LogP contribution in [0.25, 0.3) is 0 Å². The number of hydrogen-bond acceptors (Lipinski definition) is 7. The van der Waals surface area contributed by atoms with Gasteiger partial charge in [0.1, 0.15) is 0 Å². The minimum atomic E-state index is -1.48. The molecule has 230 valence electrons. The van der Waals surface area contributed by atoms with E-state index in [2.05, 4.69) is 19.8 Å². The van der Waals surface area contributed by atoms with E-state index in [4.69, 9.17) is 19.4 Å². The van der Waals surface area contributed by atoms with Gasteiger partial charge in [0, 0.05) is 16.7 Å². The van der Waals surface area contributed by atoms with E-state index in [1.807, 2.05) is 33.7 Å². The number of carbonyl (C=O) groups is 3. The lowest BCUT2D eigenvalue weighted by Gasteiger charge is -2.16. The summed E-state index contributed by atoms with van der Waals surface area (Å²) >= 11 is 0. The van der Waals surface area contributed by atoms with Crippen LogP contribution >= 0.6 is 0 Å². The Hall–Kier alpha value is -3.30. The summed E-state index contributed by atoms with van der Waals surface area (Å²) in [6.45, 7) is 22.1. The molecule has 3 aromatic carbocycles. The third-order valence-electron chi connectivity index (χ3n) is 9.01. The molecule has 0 aromatic heterocycles. The molecule has 0 spiro atoms. The molecular weight excluding hydrogens is 553 g/mol. The second-order valence-electron chi connectivity index (χ2n) is 11.9. The normalized spacial score (nSPS) is 12.9. The molecule has 0 saturated carbocycles. The molecule has 2 aliphatic heterocycles. The maximum Gasteiger partial charge on any atom is 0.488 e. The van der Waals surface area contributed by atoms with E-state index < -0.39 is 7.12 Å². The van der Waals surface area contributed by atoms with Crippen molar-refractivity contribution in [2.24, 2.45) is 0 Å². The van der Waals surface area contributed by atoms with Crippen LogP contribution in [0, 0.1) is 41.5 Å². The van der Waals surface area contributed by atoms with Crippen molar-refractivity contribution in [1.82, 2.24) is 0 Å². The topological polar surface area (TPSA) is 110 Å².